The van der Waals surface area contributed by atoms with Gasteiger partial charge in [-0.05, 0) is 43.7 Å². The van der Waals surface area contributed by atoms with Crippen LogP contribution >= 0.6 is 0 Å². The molecule has 1 atom stereocenters. The Bertz CT molecular complexity index is 624. The Kier molecular flexibility index (Phi) is 5.95. The molecule has 24 heavy (non-hydrogen) atoms. The van der Waals surface area contributed by atoms with E-state index in [1.165, 1.54) is 0 Å². The highest BCUT2D eigenvalue weighted by molar-refractivity contribution is 5.98. The molecule has 2 rings (SSSR count). The van der Waals surface area contributed by atoms with Crippen LogP contribution in [0.1, 0.15) is 49.0 Å². The Morgan fingerprint density at radius 3 is 2.38 bits per heavy atom. The third-order valence-corrected chi connectivity index (χ3v) is 3.98. The van der Waals surface area contributed by atoms with Gasteiger partial charge in [0.1, 0.15) is 6.04 Å². The number of hydrogen-bond acceptors (Lipinski definition) is 3. The lowest BCUT2D eigenvalue weighted by molar-refractivity contribution is -0.130. The molecule has 130 valence electrons. The van der Waals surface area contributed by atoms with Gasteiger partial charge < -0.3 is 5.32 Å². The molecule has 0 heterocycles. The fourth-order valence-electron chi connectivity index (χ4n) is 2.42. The largest absolute Gasteiger partial charge is 0.340 e. The van der Waals surface area contributed by atoms with Gasteiger partial charge in [-0.3, -0.25) is 25.2 Å². The van der Waals surface area contributed by atoms with Crippen LogP contribution in [-0.4, -0.2) is 23.8 Å². The molecule has 0 aromatic heterocycles. The SMILES string of the molecule is Cc1ccccc1C(=O)NC(CC(C)C)C(=O)NNC(=O)C1CC1. The summed E-state index contributed by atoms with van der Waals surface area (Å²) in [4.78, 5) is 36.4. The average Bonchev–Trinajstić information content (AvgIpc) is 3.36. The van der Waals surface area contributed by atoms with Crippen molar-refractivity contribution in [2.45, 2.75) is 46.1 Å². The summed E-state index contributed by atoms with van der Waals surface area (Å²) >= 11 is 0. The van der Waals surface area contributed by atoms with Gasteiger partial charge in [-0.25, -0.2) is 0 Å². The molecule has 1 fully saturated rings. The van der Waals surface area contributed by atoms with Crippen LogP contribution in [-0.2, 0) is 9.59 Å². The summed E-state index contributed by atoms with van der Waals surface area (Å²) in [6.07, 6.45) is 2.21. The van der Waals surface area contributed by atoms with Crippen molar-refractivity contribution in [2.24, 2.45) is 11.8 Å². The van der Waals surface area contributed by atoms with Crippen molar-refractivity contribution in [1.82, 2.24) is 16.2 Å². The molecule has 1 aromatic carbocycles. The van der Waals surface area contributed by atoms with Crippen molar-refractivity contribution >= 4 is 17.7 Å². The van der Waals surface area contributed by atoms with Gasteiger partial charge in [-0.2, -0.15) is 0 Å². The zero-order valence-electron chi connectivity index (χ0n) is 14.4. The molecule has 0 aliphatic heterocycles. The zero-order valence-corrected chi connectivity index (χ0v) is 14.4. The van der Waals surface area contributed by atoms with Crippen LogP contribution in [0, 0.1) is 18.8 Å². The lowest BCUT2D eigenvalue weighted by Crippen LogP contribution is -2.53. The van der Waals surface area contributed by atoms with Crippen LogP contribution in [0.25, 0.3) is 0 Å². The highest BCUT2D eigenvalue weighted by Crippen LogP contribution is 2.28. The summed E-state index contributed by atoms with van der Waals surface area (Å²) in [5.74, 6) is -0.633. The first-order chi connectivity index (χ1) is 11.4. The van der Waals surface area contributed by atoms with Crippen LogP contribution in [0.3, 0.4) is 0 Å². The summed E-state index contributed by atoms with van der Waals surface area (Å²) < 4.78 is 0. The van der Waals surface area contributed by atoms with Crippen molar-refractivity contribution in [2.75, 3.05) is 0 Å². The molecular formula is C18H25N3O3. The minimum atomic E-state index is -0.698. The van der Waals surface area contributed by atoms with E-state index in [1.54, 1.807) is 12.1 Å². The molecule has 1 saturated carbocycles. The molecule has 3 N–H and O–H groups in total. The first kappa shape index (κ1) is 18.0. The van der Waals surface area contributed by atoms with E-state index in [4.69, 9.17) is 0 Å². The van der Waals surface area contributed by atoms with Gasteiger partial charge in [0, 0.05) is 11.5 Å². The number of hydrazine groups is 1. The predicted molar refractivity (Wildman–Crippen MR) is 90.9 cm³/mol. The maximum Gasteiger partial charge on any atom is 0.260 e. The molecule has 1 unspecified atom stereocenters. The van der Waals surface area contributed by atoms with E-state index in [9.17, 15) is 14.4 Å². The van der Waals surface area contributed by atoms with Crippen molar-refractivity contribution in [3.05, 3.63) is 35.4 Å². The number of rotatable bonds is 6. The van der Waals surface area contributed by atoms with Crippen molar-refractivity contribution < 1.29 is 14.4 Å². The lowest BCUT2D eigenvalue weighted by atomic mass is 10.0. The summed E-state index contributed by atoms with van der Waals surface area (Å²) in [6.45, 7) is 5.80. The Morgan fingerprint density at radius 1 is 1.12 bits per heavy atom. The first-order valence-electron chi connectivity index (χ1n) is 8.34. The number of hydrogen-bond donors (Lipinski definition) is 3. The van der Waals surface area contributed by atoms with Crippen molar-refractivity contribution in [3.8, 4) is 0 Å². The second kappa shape index (κ2) is 7.95. The second-order valence-electron chi connectivity index (χ2n) is 6.72. The van der Waals surface area contributed by atoms with Crippen LogP contribution in [0.5, 0.6) is 0 Å². The van der Waals surface area contributed by atoms with Gasteiger partial charge in [0.25, 0.3) is 11.8 Å². The van der Waals surface area contributed by atoms with Gasteiger partial charge in [-0.1, -0.05) is 32.0 Å². The van der Waals surface area contributed by atoms with Gasteiger partial charge in [-0.15, -0.1) is 0 Å². The quantitative estimate of drug-likeness (QED) is 0.693. The summed E-state index contributed by atoms with van der Waals surface area (Å²) in [5, 5.41) is 2.77. The van der Waals surface area contributed by atoms with E-state index in [0.717, 1.165) is 18.4 Å². The molecule has 3 amide bonds. The molecule has 1 aromatic rings. The number of nitrogens with one attached hydrogen (secondary N) is 3. The lowest BCUT2D eigenvalue weighted by Gasteiger charge is -2.21. The number of benzene rings is 1. The molecule has 0 saturated heterocycles. The molecule has 6 heteroatoms. The van der Waals surface area contributed by atoms with Crippen molar-refractivity contribution in [1.29, 1.82) is 0 Å². The zero-order chi connectivity index (χ0) is 17.7. The second-order valence-corrected chi connectivity index (χ2v) is 6.72. The molecule has 6 nitrogen and oxygen atoms in total. The van der Waals surface area contributed by atoms with E-state index in [2.05, 4.69) is 16.2 Å². The third-order valence-electron chi connectivity index (χ3n) is 3.98. The van der Waals surface area contributed by atoms with Gasteiger partial charge >= 0.3 is 0 Å². The average molecular weight is 331 g/mol. The van der Waals surface area contributed by atoms with E-state index in [1.807, 2.05) is 32.9 Å². The van der Waals surface area contributed by atoms with Crippen LogP contribution in [0.4, 0.5) is 0 Å². The van der Waals surface area contributed by atoms with Crippen LogP contribution in [0.2, 0.25) is 0 Å². The first-order valence-corrected chi connectivity index (χ1v) is 8.34. The molecule has 0 bridgehead atoms. The third kappa shape index (κ3) is 5.08. The Morgan fingerprint density at radius 2 is 1.79 bits per heavy atom. The van der Waals surface area contributed by atoms with E-state index >= 15 is 0 Å². The summed E-state index contributed by atoms with van der Waals surface area (Å²) in [6, 6.07) is 6.52. The number of amides is 3. The standard InChI is InChI=1S/C18H25N3O3/c1-11(2)10-15(18(24)21-20-16(22)13-8-9-13)19-17(23)14-7-5-4-6-12(14)3/h4-7,11,13,15H,8-10H2,1-3H3,(H,19,23)(H,20,22)(H,21,24). The number of carbonyl (C=O) groups is 3. The van der Waals surface area contributed by atoms with E-state index in [-0.39, 0.29) is 23.7 Å². The normalized spacial score (nSPS) is 14.8. The Labute approximate surface area is 142 Å². The smallest absolute Gasteiger partial charge is 0.260 e. The highest BCUT2D eigenvalue weighted by Gasteiger charge is 2.30. The molecule has 1 aliphatic rings. The van der Waals surface area contributed by atoms with Gasteiger partial charge in [0.15, 0.2) is 0 Å². The number of aryl methyl sites for hydroxylation is 1. The summed E-state index contributed by atoms with van der Waals surface area (Å²) in [5.41, 5.74) is 6.25. The summed E-state index contributed by atoms with van der Waals surface area (Å²) in [7, 11) is 0. The minimum Gasteiger partial charge on any atom is -0.340 e. The maximum absolute atomic E-state index is 12.4. The molecular weight excluding hydrogens is 306 g/mol. The molecule has 1 aliphatic carbocycles. The minimum absolute atomic E-state index is 0.00964. The fraction of sp³-hybridized carbons (Fsp3) is 0.500. The molecule has 0 radical (unpaired) electrons. The van der Waals surface area contributed by atoms with Gasteiger partial charge in [0.05, 0.1) is 0 Å². The Balaban J connectivity index is 1.98. The Hall–Kier alpha value is -2.37. The van der Waals surface area contributed by atoms with Gasteiger partial charge in [0.2, 0.25) is 5.91 Å². The topological polar surface area (TPSA) is 87.3 Å². The van der Waals surface area contributed by atoms with Crippen LogP contribution < -0.4 is 16.2 Å². The van der Waals surface area contributed by atoms with Crippen LogP contribution in [0.15, 0.2) is 24.3 Å². The monoisotopic (exact) mass is 331 g/mol. The predicted octanol–water partition coefficient (Wildman–Crippen LogP) is 1.70. The van der Waals surface area contributed by atoms with E-state index < -0.39 is 11.9 Å². The fourth-order valence-corrected chi connectivity index (χ4v) is 2.42. The van der Waals surface area contributed by atoms with E-state index in [0.29, 0.717) is 12.0 Å². The number of carbonyl (C=O) groups excluding carboxylic acids is 3. The molecule has 0 spiro atoms. The highest BCUT2D eigenvalue weighted by atomic mass is 16.2. The van der Waals surface area contributed by atoms with Crippen molar-refractivity contribution in [3.63, 3.8) is 0 Å². The maximum atomic E-state index is 12.4.